The van der Waals surface area contributed by atoms with Crippen LogP contribution in [0, 0.1) is 0 Å². The van der Waals surface area contributed by atoms with Crippen molar-refractivity contribution in [3.63, 3.8) is 0 Å². The number of nitrogens with zero attached hydrogens (tertiary/aromatic N) is 1. The highest BCUT2D eigenvalue weighted by Gasteiger charge is 2.38. The average Bonchev–Trinajstić information content (AvgIpc) is 2.02. The van der Waals surface area contributed by atoms with Gasteiger partial charge in [-0.05, 0) is 0 Å². The van der Waals surface area contributed by atoms with Crippen molar-refractivity contribution in [1.82, 2.24) is 4.90 Å². The quantitative estimate of drug-likeness (QED) is 0.662. The minimum Gasteiger partial charge on any atom is -0.478 e. The predicted octanol–water partition coefficient (Wildman–Crippen LogP) is 0.682. The van der Waals surface area contributed by atoms with Crippen LogP contribution in [-0.4, -0.2) is 33.0 Å². The monoisotopic (exact) mass is 221 g/mol. The van der Waals surface area contributed by atoms with Crippen LogP contribution >= 0.6 is 24.2 Å². The molecule has 0 aromatic rings. The van der Waals surface area contributed by atoms with E-state index in [9.17, 15) is 9.59 Å². The zero-order chi connectivity index (χ0) is 8.72. The van der Waals surface area contributed by atoms with Gasteiger partial charge < -0.3 is 10.0 Å². The van der Waals surface area contributed by atoms with E-state index in [2.05, 4.69) is 0 Å². The Hall–Kier alpha value is -0.680. The van der Waals surface area contributed by atoms with Crippen LogP contribution in [0.25, 0.3) is 0 Å². The molecule has 13 heavy (non-hydrogen) atoms. The van der Waals surface area contributed by atoms with Gasteiger partial charge in [-0.1, -0.05) is 0 Å². The maximum atomic E-state index is 10.9. The SMILES string of the molecule is Cl.O=C(O)C1=CN2C(=O)C[C@H]2SC1. The number of aliphatic carboxylic acids is 1. The second-order valence-electron chi connectivity index (χ2n) is 2.73. The Morgan fingerprint density at radius 2 is 2.38 bits per heavy atom. The molecular formula is C7H8ClNO3S. The third-order valence-electron chi connectivity index (χ3n) is 1.95. The highest BCUT2D eigenvalue weighted by Crippen LogP contribution is 2.35. The van der Waals surface area contributed by atoms with Gasteiger partial charge in [-0.25, -0.2) is 4.79 Å². The molecule has 1 fully saturated rings. The van der Waals surface area contributed by atoms with Gasteiger partial charge >= 0.3 is 5.97 Å². The second kappa shape index (κ2) is 3.59. The topological polar surface area (TPSA) is 57.6 Å². The van der Waals surface area contributed by atoms with E-state index in [0.717, 1.165) is 0 Å². The molecule has 0 radical (unpaired) electrons. The summed E-state index contributed by atoms with van der Waals surface area (Å²) in [4.78, 5) is 22.9. The van der Waals surface area contributed by atoms with Crippen molar-refractivity contribution in [2.24, 2.45) is 0 Å². The molecule has 1 saturated heterocycles. The number of thioether (sulfide) groups is 1. The Morgan fingerprint density at radius 1 is 1.69 bits per heavy atom. The first-order valence-corrected chi connectivity index (χ1v) is 4.60. The van der Waals surface area contributed by atoms with E-state index >= 15 is 0 Å². The van der Waals surface area contributed by atoms with E-state index < -0.39 is 5.97 Å². The molecule has 1 amide bonds. The number of carbonyl (C=O) groups excluding carboxylic acids is 1. The Kier molecular flexibility index (Phi) is 2.87. The molecule has 72 valence electrons. The first-order valence-electron chi connectivity index (χ1n) is 3.55. The van der Waals surface area contributed by atoms with Crippen LogP contribution in [0.2, 0.25) is 0 Å². The number of rotatable bonds is 1. The van der Waals surface area contributed by atoms with Crippen molar-refractivity contribution in [3.8, 4) is 0 Å². The standard InChI is InChI=1S/C7H7NO3S.ClH/c9-5-1-6-8(5)2-4(3-12-6)7(10)11;/h2,6H,1,3H2,(H,10,11);1H/t6-;/m1./s1. The zero-order valence-corrected chi connectivity index (χ0v) is 8.23. The van der Waals surface area contributed by atoms with Crippen LogP contribution in [0.5, 0.6) is 0 Å². The van der Waals surface area contributed by atoms with E-state index in [0.29, 0.717) is 17.7 Å². The summed E-state index contributed by atoms with van der Waals surface area (Å²) in [5, 5.41) is 8.83. The molecule has 0 aromatic carbocycles. The van der Waals surface area contributed by atoms with E-state index in [1.807, 2.05) is 0 Å². The summed E-state index contributed by atoms with van der Waals surface area (Å²) in [6.07, 6.45) is 2.00. The van der Waals surface area contributed by atoms with Gasteiger partial charge in [0, 0.05) is 12.0 Å². The van der Waals surface area contributed by atoms with Gasteiger partial charge in [-0.2, -0.15) is 0 Å². The van der Waals surface area contributed by atoms with Crippen LogP contribution in [0.1, 0.15) is 6.42 Å². The smallest absolute Gasteiger partial charge is 0.333 e. The van der Waals surface area contributed by atoms with Crippen molar-refractivity contribution in [2.75, 3.05) is 5.75 Å². The molecule has 0 aromatic heterocycles. The number of carboxylic acids is 1. The van der Waals surface area contributed by atoms with Gasteiger partial charge in [0.15, 0.2) is 0 Å². The third-order valence-corrected chi connectivity index (χ3v) is 3.20. The molecular weight excluding hydrogens is 214 g/mol. The summed E-state index contributed by atoms with van der Waals surface area (Å²) >= 11 is 1.51. The van der Waals surface area contributed by atoms with Crippen molar-refractivity contribution in [3.05, 3.63) is 11.8 Å². The minimum absolute atomic E-state index is 0. The van der Waals surface area contributed by atoms with Gasteiger partial charge in [0.05, 0.1) is 17.4 Å². The molecule has 2 rings (SSSR count). The van der Waals surface area contributed by atoms with E-state index in [-0.39, 0.29) is 23.7 Å². The molecule has 6 heteroatoms. The molecule has 2 aliphatic rings. The summed E-state index contributed by atoms with van der Waals surface area (Å²) in [5.74, 6) is -0.407. The van der Waals surface area contributed by atoms with Crippen LogP contribution in [0.15, 0.2) is 11.8 Å². The highest BCUT2D eigenvalue weighted by molar-refractivity contribution is 8.00. The van der Waals surface area contributed by atoms with E-state index in [4.69, 9.17) is 5.11 Å². The summed E-state index contributed by atoms with van der Waals surface area (Å²) in [5.41, 5.74) is 0.310. The number of hydrogen-bond donors (Lipinski definition) is 1. The lowest BCUT2D eigenvalue weighted by Crippen LogP contribution is -2.49. The van der Waals surface area contributed by atoms with Crippen LogP contribution in [0.4, 0.5) is 0 Å². The predicted molar refractivity (Wildman–Crippen MR) is 50.7 cm³/mol. The van der Waals surface area contributed by atoms with E-state index in [1.165, 1.54) is 22.9 Å². The fraction of sp³-hybridized carbons (Fsp3) is 0.429. The van der Waals surface area contributed by atoms with Gasteiger partial charge in [-0.3, -0.25) is 4.79 Å². The zero-order valence-electron chi connectivity index (χ0n) is 6.60. The molecule has 2 aliphatic heterocycles. The second-order valence-corrected chi connectivity index (χ2v) is 3.90. The number of carboxylic acid groups (broad SMARTS) is 1. The lowest BCUT2D eigenvalue weighted by Gasteiger charge is -2.40. The van der Waals surface area contributed by atoms with Crippen LogP contribution in [-0.2, 0) is 9.59 Å². The number of carbonyl (C=O) groups is 2. The lowest BCUT2D eigenvalue weighted by molar-refractivity contribution is -0.137. The summed E-state index contributed by atoms with van der Waals surface area (Å²) < 4.78 is 0. The number of fused-ring (bicyclic) bond motifs is 1. The van der Waals surface area contributed by atoms with Crippen LogP contribution < -0.4 is 0 Å². The fourth-order valence-electron chi connectivity index (χ4n) is 1.20. The minimum atomic E-state index is -0.930. The molecule has 0 unspecified atom stereocenters. The Bertz CT molecular complexity index is 291. The maximum Gasteiger partial charge on any atom is 0.333 e. The number of β-lactam (4-membered cyclic amide) rings is 1. The van der Waals surface area contributed by atoms with Crippen molar-refractivity contribution < 1.29 is 14.7 Å². The van der Waals surface area contributed by atoms with Crippen molar-refractivity contribution in [2.45, 2.75) is 11.8 Å². The molecule has 0 aliphatic carbocycles. The van der Waals surface area contributed by atoms with E-state index in [1.54, 1.807) is 0 Å². The molecule has 2 heterocycles. The molecule has 4 nitrogen and oxygen atoms in total. The first-order chi connectivity index (χ1) is 5.68. The summed E-state index contributed by atoms with van der Waals surface area (Å²) in [6.45, 7) is 0. The molecule has 1 N–H and O–H groups in total. The number of hydrogen-bond acceptors (Lipinski definition) is 3. The van der Waals surface area contributed by atoms with Crippen molar-refractivity contribution in [1.29, 1.82) is 0 Å². The average molecular weight is 222 g/mol. The highest BCUT2D eigenvalue weighted by atomic mass is 35.5. The molecule has 0 spiro atoms. The van der Waals surface area contributed by atoms with Gasteiger partial charge in [0.25, 0.3) is 0 Å². The van der Waals surface area contributed by atoms with Crippen LogP contribution in [0.3, 0.4) is 0 Å². The third kappa shape index (κ3) is 1.66. The normalized spacial score (nSPS) is 25.2. The molecule has 1 atom stereocenters. The largest absolute Gasteiger partial charge is 0.478 e. The Balaban J connectivity index is 0.000000845. The molecule has 0 bridgehead atoms. The summed E-state index contributed by atoms with van der Waals surface area (Å²) in [7, 11) is 0. The maximum absolute atomic E-state index is 10.9. The lowest BCUT2D eigenvalue weighted by atomic mass is 10.2. The molecule has 0 saturated carbocycles. The van der Waals surface area contributed by atoms with Gasteiger partial charge in [0.2, 0.25) is 5.91 Å². The Labute approximate surface area is 85.4 Å². The number of amides is 1. The summed E-state index contributed by atoms with van der Waals surface area (Å²) in [6, 6.07) is 0. The van der Waals surface area contributed by atoms with Gasteiger partial charge in [0.1, 0.15) is 0 Å². The number of halogens is 1. The Morgan fingerprint density at radius 3 is 2.92 bits per heavy atom. The van der Waals surface area contributed by atoms with Gasteiger partial charge in [-0.15, -0.1) is 24.2 Å². The first kappa shape index (κ1) is 10.4. The fourth-order valence-corrected chi connectivity index (χ4v) is 2.37. The van der Waals surface area contributed by atoms with Crippen molar-refractivity contribution >= 4 is 36.0 Å².